The molecule has 2 unspecified atom stereocenters. The minimum Gasteiger partial charge on any atom is -0.486 e. The monoisotopic (exact) mass is 249 g/mol. The summed E-state index contributed by atoms with van der Waals surface area (Å²) in [6.07, 6.45) is 3.26. The zero-order valence-electron chi connectivity index (χ0n) is 10.2. The summed E-state index contributed by atoms with van der Waals surface area (Å²) in [6.45, 7) is 7.06. The van der Waals surface area contributed by atoms with Crippen LogP contribution in [0.3, 0.4) is 0 Å². The fourth-order valence-electron chi connectivity index (χ4n) is 1.89. The van der Waals surface area contributed by atoms with Gasteiger partial charge >= 0.3 is 0 Å². The van der Waals surface area contributed by atoms with Gasteiger partial charge in [-0.15, -0.1) is 18.3 Å². The van der Waals surface area contributed by atoms with Crippen LogP contribution in [-0.4, -0.2) is 24.4 Å². The van der Waals surface area contributed by atoms with Gasteiger partial charge in [0.1, 0.15) is 11.9 Å². The van der Waals surface area contributed by atoms with E-state index in [0.717, 1.165) is 24.5 Å². The van der Waals surface area contributed by atoms with Gasteiger partial charge in [0.2, 0.25) is 0 Å². The van der Waals surface area contributed by atoms with E-state index < -0.39 is 0 Å². The number of ether oxygens (including phenoxy) is 1. The summed E-state index contributed by atoms with van der Waals surface area (Å²) in [4.78, 5) is 1.24. The standard InChI is InChI=1S/C14H19NOS/c1-3-9-15-11(4-2)13-10-17-14-8-6-5-7-12(14)16-13/h4-8,11,13,15H,2-3,9-10H2,1H3. The Hall–Kier alpha value is -0.930. The highest BCUT2D eigenvalue weighted by molar-refractivity contribution is 7.99. The quantitative estimate of drug-likeness (QED) is 0.810. The summed E-state index contributed by atoms with van der Waals surface area (Å²) in [5.41, 5.74) is 0. The Morgan fingerprint density at radius 2 is 2.41 bits per heavy atom. The number of benzene rings is 1. The Kier molecular flexibility index (Phi) is 4.51. The van der Waals surface area contributed by atoms with Crippen LogP contribution in [0.1, 0.15) is 13.3 Å². The van der Waals surface area contributed by atoms with Crippen molar-refractivity contribution >= 4 is 11.8 Å². The van der Waals surface area contributed by atoms with Gasteiger partial charge in [-0.3, -0.25) is 0 Å². The van der Waals surface area contributed by atoms with Gasteiger partial charge in [0, 0.05) is 10.6 Å². The average Bonchev–Trinajstić information content (AvgIpc) is 2.39. The van der Waals surface area contributed by atoms with Gasteiger partial charge < -0.3 is 10.1 Å². The lowest BCUT2D eigenvalue weighted by molar-refractivity contribution is 0.185. The third-order valence-corrected chi connectivity index (χ3v) is 3.96. The highest BCUT2D eigenvalue weighted by atomic mass is 32.2. The summed E-state index contributed by atoms with van der Waals surface area (Å²) in [6, 6.07) is 8.45. The maximum absolute atomic E-state index is 6.03. The van der Waals surface area contributed by atoms with Gasteiger partial charge in [0.15, 0.2) is 0 Å². The lowest BCUT2D eigenvalue weighted by Gasteiger charge is -2.30. The molecule has 1 aliphatic rings. The van der Waals surface area contributed by atoms with Crippen molar-refractivity contribution in [3.05, 3.63) is 36.9 Å². The highest BCUT2D eigenvalue weighted by Gasteiger charge is 2.25. The highest BCUT2D eigenvalue weighted by Crippen LogP contribution is 2.35. The zero-order chi connectivity index (χ0) is 12.1. The first-order valence-electron chi connectivity index (χ1n) is 6.09. The second-order valence-electron chi connectivity index (χ2n) is 4.13. The Bertz CT molecular complexity index is 380. The van der Waals surface area contributed by atoms with Crippen molar-refractivity contribution in [3.8, 4) is 5.75 Å². The molecule has 0 amide bonds. The molecule has 2 nitrogen and oxygen atoms in total. The molecule has 2 rings (SSSR count). The predicted octanol–water partition coefficient (Wildman–Crippen LogP) is 3.09. The van der Waals surface area contributed by atoms with E-state index >= 15 is 0 Å². The van der Waals surface area contributed by atoms with E-state index in [1.807, 2.05) is 30.0 Å². The van der Waals surface area contributed by atoms with Gasteiger partial charge in [-0.1, -0.05) is 25.1 Å². The first-order valence-corrected chi connectivity index (χ1v) is 7.08. The number of fused-ring (bicyclic) bond motifs is 1. The van der Waals surface area contributed by atoms with Crippen molar-refractivity contribution in [2.24, 2.45) is 0 Å². The van der Waals surface area contributed by atoms with Crippen molar-refractivity contribution in [2.75, 3.05) is 12.3 Å². The molecule has 0 saturated carbocycles. The molecule has 3 heteroatoms. The van der Waals surface area contributed by atoms with Crippen LogP contribution >= 0.6 is 11.8 Å². The summed E-state index contributed by atoms with van der Waals surface area (Å²) in [5, 5.41) is 3.46. The van der Waals surface area contributed by atoms with Gasteiger partial charge in [-0.05, 0) is 25.1 Å². The van der Waals surface area contributed by atoms with Crippen LogP contribution in [0, 0.1) is 0 Å². The molecular weight excluding hydrogens is 230 g/mol. The van der Waals surface area contributed by atoms with Crippen LogP contribution in [0.25, 0.3) is 0 Å². The van der Waals surface area contributed by atoms with E-state index in [0.29, 0.717) is 0 Å². The zero-order valence-corrected chi connectivity index (χ0v) is 11.0. The summed E-state index contributed by atoms with van der Waals surface area (Å²) in [5.74, 6) is 1.98. The number of nitrogens with one attached hydrogen (secondary N) is 1. The van der Waals surface area contributed by atoms with Gasteiger partial charge in [0.05, 0.1) is 6.04 Å². The molecule has 2 atom stereocenters. The molecule has 0 saturated heterocycles. The van der Waals surface area contributed by atoms with Crippen LogP contribution in [-0.2, 0) is 0 Å². The first-order chi connectivity index (χ1) is 8.35. The van der Waals surface area contributed by atoms with Crippen LogP contribution in [0.2, 0.25) is 0 Å². The van der Waals surface area contributed by atoms with E-state index in [1.54, 1.807) is 0 Å². The summed E-state index contributed by atoms with van der Waals surface area (Å²) >= 11 is 1.86. The predicted molar refractivity (Wildman–Crippen MR) is 73.9 cm³/mol. The maximum atomic E-state index is 6.03. The van der Waals surface area contributed by atoms with E-state index in [1.165, 1.54) is 4.90 Å². The number of hydrogen-bond acceptors (Lipinski definition) is 3. The van der Waals surface area contributed by atoms with Crippen LogP contribution in [0.4, 0.5) is 0 Å². The van der Waals surface area contributed by atoms with Gasteiger partial charge in [-0.2, -0.15) is 0 Å². The smallest absolute Gasteiger partial charge is 0.133 e. The minimum atomic E-state index is 0.180. The number of hydrogen-bond donors (Lipinski definition) is 1. The molecular formula is C14H19NOS. The van der Waals surface area contributed by atoms with E-state index in [4.69, 9.17) is 4.74 Å². The van der Waals surface area contributed by atoms with Crippen molar-refractivity contribution in [3.63, 3.8) is 0 Å². The Balaban J connectivity index is 2.02. The molecule has 0 spiro atoms. The van der Waals surface area contributed by atoms with Crippen molar-refractivity contribution in [1.29, 1.82) is 0 Å². The van der Waals surface area contributed by atoms with Crippen molar-refractivity contribution in [2.45, 2.75) is 30.4 Å². The van der Waals surface area contributed by atoms with Crippen LogP contribution in [0.5, 0.6) is 5.75 Å². The molecule has 1 N–H and O–H groups in total. The first kappa shape index (κ1) is 12.5. The van der Waals surface area contributed by atoms with E-state index in [9.17, 15) is 0 Å². The average molecular weight is 249 g/mol. The summed E-state index contributed by atoms with van der Waals surface area (Å²) in [7, 11) is 0. The van der Waals surface area contributed by atoms with Crippen LogP contribution < -0.4 is 10.1 Å². The third-order valence-electron chi connectivity index (χ3n) is 2.82. The second kappa shape index (κ2) is 6.12. The SMILES string of the molecule is C=CC(NCCC)C1CSc2ccccc2O1. The molecule has 0 aliphatic carbocycles. The second-order valence-corrected chi connectivity index (χ2v) is 5.19. The summed E-state index contributed by atoms with van der Waals surface area (Å²) < 4.78 is 6.03. The number of thioether (sulfide) groups is 1. The molecule has 1 aromatic carbocycles. The molecule has 1 aliphatic heterocycles. The van der Waals surface area contributed by atoms with Gasteiger partial charge in [-0.25, -0.2) is 0 Å². The molecule has 0 bridgehead atoms. The fraction of sp³-hybridized carbons (Fsp3) is 0.429. The maximum Gasteiger partial charge on any atom is 0.133 e. The Morgan fingerprint density at radius 1 is 1.59 bits per heavy atom. The Morgan fingerprint density at radius 3 is 3.18 bits per heavy atom. The van der Waals surface area contributed by atoms with E-state index in [2.05, 4.69) is 31.0 Å². The van der Waals surface area contributed by atoms with Crippen molar-refractivity contribution < 1.29 is 4.74 Å². The topological polar surface area (TPSA) is 21.3 Å². The normalized spacial score (nSPS) is 20.2. The lowest BCUT2D eigenvalue weighted by Crippen LogP contribution is -2.44. The molecule has 1 aromatic rings. The molecule has 92 valence electrons. The van der Waals surface area contributed by atoms with Crippen molar-refractivity contribution in [1.82, 2.24) is 5.32 Å². The largest absolute Gasteiger partial charge is 0.486 e. The van der Waals surface area contributed by atoms with Crippen LogP contribution in [0.15, 0.2) is 41.8 Å². The molecule has 1 heterocycles. The minimum absolute atomic E-state index is 0.180. The molecule has 0 radical (unpaired) electrons. The molecule has 17 heavy (non-hydrogen) atoms. The third kappa shape index (κ3) is 3.05. The molecule has 0 aromatic heterocycles. The number of rotatable bonds is 5. The Labute approximate surface area is 107 Å². The number of para-hydroxylation sites is 1. The lowest BCUT2D eigenvalue weighted by atomic mass is 10.1. The fourth-order valence-corrected chi connectivity index (χ4v) is 2.94. The van der Waals surface area contributed by atoms with E-state index in [-0.39, 0.29) is 12.1 Å². The van der Waals surface area contributed by atoms with Gasteiger partial charge in [0.25, 0.3) is 0 Å². The molecule has 0 fully saturated rings.